The van der Waals surface area contributed by atoms with E-state index in [0.717, 1.165) is 18.7 Å². The van der Waals surface area contributed by atoms with Gasteiger partial charge in [0.1, 0.15) is 23.0 Å². The van der Waals surface area contributed by atoms with Crippen molar-refractivity contribution in [2.45, 2.75) is 13.3 Å². The lowest BCUT2D eigenvalue weighted by molar-refractivity contribution is 0.386. The van der Waals surface area contributed by atoms with E-state index in [1.54, 1.807) is 44.8 Å². The van der Waals surface area contributed by atoms with Crippen LogP contribution in [0.5, 0.6) is 23.0 Å². The van der Waals surface area contributed by atoms with Gasteiger partial charge in [0.2, 0.25) is 0 Å². The molecular weight excluding hydrogens is 268 g/mol. The average Bonchev–Trinajstić information content (AvgIpc) is 2.52. The van der Waals surface area contributed by atoms with Gasteiger partial charge in [0.05, 0.1) is 32.3 Å². The van der Waals surface area contributed by atoms with Gasteiger partial charge in [-0.3, -0.25) is 4.98 Å². The molecule has 2 aromatic rings. The van der Waals surface area contributed by atoms with Crippen LogP contribution in [0.3, 0.4) is 0 Å². The molecule has 0 atom stereocenters. The summed E-state index contributed by atoms with van der Waals surface area (Å²) < 4.78 is 16.3. The summed E-state index contributed by atoms with van der Waals surface area (Å²) in [4.78, 5) is 4.17. The maximum absolute atomic E-state index is 5.82. The molecule has 5 nitrogen and oxygen atoms in total. The molecule has 0 aliphatic rings. The molecule has 0 radical (unpaired) electrons. The minimum Gasteiger partial charge on any atom is -0.496 e. The normalized spacial score (nSPS) is 10.0. The number of hydrogen-bond donors (Lipinski definition) is 1. The predicted octanol–water partition coefficient (Wildman–Crippen LogP) is 3.71. The molecule has 112 valence electrons. The highest BCUT2D eigenvalue weighted by Crippen LogP contribution is 2.31. The SMILES string of the molecule is CCCNc1cncc(Oc2cc(OC)cc(OC)c2)c1. The number of aromatic nitrogens is 1. The number of anilines is 1. The smallest absolute Gasteiger partial charge is 0.147 e. The summed E-state index contributed by atoms with van der Waals surface area (Å²) in [6.07, 6.45) is 4.50. The van der Waals surface area contributed by atoms with Crippen molar-refractivity contribution in [2.24, 2.45) is 0 Å². The van der Waals surface area contributed by atoms with E-state index in [4.69, 9.17) is 14.2 Å². The number of nitrogens with one attached hydrogen (secondary N) is 1. The van der Waals surface area contributed by atoms with Gasteiger partial charge in [-0.2, -0.15) is 0 Å². The lowest BCUT2D eigenvalue weighted by Gasteiger charge is -2.11. The Morgan fingerprint density at radius 1 is 0.905 bits per heavy atom. The second-order valence-corrected chi connectivity index (χ2v) is 4.49. The minimum absolute atomic E-state index is 0.639. The zero-order chi connectivity index (χ0) is 15.1. The number of hydrogen-bond acceptors (Lipinski definition) is 5. The molecule has 0 saturated heterocycles. The summed E-state index contributed by atoms with van der Waals surface area (Å²) in [5.41, 5.74) is 0.934. The average molecular weight is 288 g/mol. The molecule has 1 aromatic heterocycles. The molecule has 1 heterocycles. The van der Waals surface area contributed by atoms with Crippen molar-refractivity contribution in [3.05, 3.63) is 36.7 Å². The molecule has 1 N–H and O–H groups in total. The van der Waals surface area contributed by atoms with Crippen LogP contribution in [0.1, 0.15) is 13.3 Å². The van der Waals surface area contributed by atoms with Gasteiger partial charge >= 0.3 is 0 Å². The van der Waals surface area contributed by atoms with E-state index in [0.29, 0.717) is 23.0 Å². The van der Waals surface area contributed by atoms with Gasteiger partial charge in [-0.15, -0.1) is 0 Å². The van der Waals surface area contributed by atoms with Gasteiger partial charge in [-0.25, -0.2) is 0 Å². The maximum Gasteiger partial charge on any atom is 0.147 e. The largest absolute Gasteiger partial charge is 0.496 e. The van der Waals surface area contributed by atoms with Gasteiger partial charge in [-0.05, 0) is 6.42 Å². The Morgan fingerprint density at radius 2 is 1.57 bits per heavy atom. The number of ether oxygens (including phenoxy) is 3. The van der Waals surface area contributed by atoms with Crippen molar-refractivity contribution in [3.8, 4) is 23.0 Å². The molecule has 21 heavy (non-hydrogen) atoms. The zero-order valence-electron chi connectivity index (χ0n) is 12.6. The quantitative estimate of drug-likeness (QED) is 0.841. The molecular formula is C16H20N2O3. The highest BCUT2D eigenvalue weighted by Gasteiger charge is 2.05. The van der Waals surface area contributed by atoms with Gasteiger partial charge in [-0.1, -0.05) is 6.92 Å². The third-order valence-corrected chi connectivity index (χ3v) is 2.85. The lowest BCUT2D eigenvalue weighted by atomic mass is 10.3. The molecule has 2 rings (SSSR count). The van der Waals surface area contributed by atoms with Crippen LogP contribution in [0.4, 0.5) is 5.69 Å². The summed E-state index contributed by atoms with van der Waals surface area (Å²) in [5.74, 6) is 2.65. The molecule has 0 spiro atoms. The van der Waals surface area contributed by atoms with E-state index in [-0.39, 0.29) is 0 Å². The fourth-order valence-electron chi connectivity index (χ4n) is 1.82. The van der Waals surface area contributed by atoms with Crippen molar-refractivity contribution in [1.82, 2.24) is 4.98 Å². The second kappa shape index (κ2) is 7.38. The molecule has 0 aliphatic carbocycles. The standard InChI is InChI=1S/C16H20N2O3/c1-4-5-18-12-6-16(11-17-10-12)21-15-8-13(19-2)7-14(9-15)20-3/h6-11,18H,4-5H2,1-3H3. The number of methoxy groups -OCH3 is 2. The Hall–Kier alpha value is -2.43. The molecule has 1 aromatic carbocycles. The Bertz CT molecular complexity index is 565. The van der Waals surface area contributed by atoms with Crippen LogP contribution in [-0.2, 0) is 0 Å². The Morgan fingerprint density at radius 3 is 2.19 bits per heavy atom. The van der Waals surface area contributed by atoms with Crippen LogP contribution in [-0.4, -0.2) is 25.7 Å². The first-order chi connectivity index (χ1) is 10.2. The Kier molecular flexibility index (Phi) is 5.26. The third kappa shape index (κ3) is 4.27. The van der Waals surface area contributed by atoms with Crippen molar-refractivity contribution < 1.29 is 14.2 Å². The van der Waals surface area contributed by atoms with Crippen LogP contribution in [0.2, 0.25) is 0 Å². The highest BCUT2D eigenvalue weighted by atomic mass is 16.5. The highest BCUT2D eigenvalue weighted by molar-refractivity contribution is 5.48. The van der Waals surface area contributed by atoms with Crippen LogP contribution in [0.15, 0.2) is 36.7 Å². The van der Waals surface area contributed by atoms with Crippen LogP contribution < -0.4 is 19.5 Å². The van der Waals surface area contributed by atoms with E-state index < -0.39 is 0 Å². The summed E-state index contributed by atoms with van der Waals surface area (Å²) in [5, 5.41) is 3.27. The van der Waals surface area contributed by atoms with Crippen molar-refractivity contribution >= 4 is 5.69 Å². The first kappa shape index (κ1) is 15.0. The van der Waals surface area contributed by atoms with Gasteiger partial charge in [0.25, 0.3) is 0 Å². The minimum atomic E-state index is 0.639. The monoisotopic (exact) mass is 288 g/mol. The summed E-state index contributed by atoms with van der Waals surface area (Å²) in [6.45, 7) is 3.02. The van der Waals surface area contributed by atoms with Crippen LogP contribution in [0.25, 0.3) is 0 Å². The summed E-state index contributed by atoms with van der Waals surface area (Å²) in [6, 6.07) is 7.31. The van der Waals surface area contributed by atoms with Gasteiger partial charge in [0, 0.05) is 30.8 Å². The topological polar surface area (TPSA) is 52.6 Å². The van der Waals surface area contributed by atoms with Crippen LogP contribution >= 0.6 is 0 Å². The molecule has 0 aliphatic heterocycles. The van der Waals surface area contributed by atoms with Crippen molar-refractivity contribution in [2.75, 3.05) is 26.1 Å². The maximum atomic E-state index is 5.82. The van der Waals surface area contributed by atoms with E-state index in [1.807, 2.05) is 6.07 Å². The molecule has 0 saturated carbocycles. The van der Waals surface area contributed by atoms with E-state index in [9.17, 15) is 0 Å². The fourth-order valence-corrected chi connectivity index (χ4v) is 1.82. The van der Waals surface area contributed by atoms with E-state index in [1.165, 1.54) is 0 Å². The van der Waals surface area contributed by atoms with E-state index >= 15 is 0 Å². The zero-order valence-corrected chi connectivity index (χ0v) is 12.6. The second-order valence-electron chi connectivity index (χ2n) is 4.49. The Labute approximate surface area is 124 Å². The summed E-state index contributed by atoms with van der Waals surface area (Å²) >= 11 is 0. The number of benzene rings is 1. The predicted molar refractivity (Wildman–Crippen MR) is 82.6 cm³/mol. The van der Waals surface area contributed by atoms with Crippen molar-refractivity contribution in [1.29, 1.82) is 0 Å². The molecule has 0 fully saturated rings. The van der Waals surface area contributed by atoms with E-state index in [2.05, 4.69) is 17.2 Å². The fraction of sp³-hybridized carbons (Fsp3) is 0.312. The number of rotatable bonds is 7. The first-order valence-corrected chi connectivity index (χ1v) is 6.85. The summed E-state index contributed by atoms with van der Waals surface area (Å²) in [7, 11) is 3.21. The third-order valence-electron chi connectivity index (χ3n) is 2.85. The van der Waals surface area contributed by atoms with Crippen molar-refractivity contribution in [3.63, 3.8) is 0 Å². The molecule has 5 heteroatoms. The number of nitrogens with zero attached hydrogens (tertiary/aromatic N) is 1. The molecule has 0 bridgehead atoms. The van der Waals surface area contributed by atoms with Gasteiger partial charge < -0.3 is 19.5 Å². The Balaban J connectivity index is 2.17. The number of pyridine rings is 1. The molecule has 0 amide bonds. The molecule has 0 unspecified atom stereocenters. The lowest BCUT2D eigenvalue weighted by Crippen LogP contribution is -2.00. The first-order valence-electron chi connectivity index (χ1n) is 6.85. The van der Waals surface area contributed by atoms with Gasteiger partial charge in [0.15, 0.2) is 0 Å². The van der Waals surface area contributed by atoms with Crippen LogP contribution in [0, 0.1) is 0 Å².